The van der Waals surface area contributed by atoms with Crippen LogP contribution in [0.1, 0.15) is 88.2 Å². The zero-order valence-electron chi connectivity index (χ0n) is 17.0. The number of phenols is 2. The summed E-state index contributed by atoms with van der Waals surface area (Å²) in [7, 11) is 0. The molecule has 0 atom stereocenters. The molecule has 2 N–H and O–H groups in total. The van der Waals surface area contributed by atoms with Crippen molar-refractivity contribution in [2.75, 3.05) is 0 Å². The van der Waals surface area contributed by atoms with Crippen molar-refractivity contribution >= 4 is 0 Å². The Hall–Kier alpha value is -1.18. The lowest BCUT2D eigenvalue weighted by atomic mass is 9.46. The molecule has 2 nitrogen and oxygen atoms in total. The summed E-state index contributed by atoms with van der Waals surface area (Å²) >= 11 is 0. The molecule has 0 unspecified atom stereocenters. The van der Waals surface area contributed by atoms with Crippen LogP contribution in [0.2, 0.25) is 0 Å². The molecule has 0 aromatic heterocycles. The highest BCUT2D eigenvalue weighted by Gasteiger charge is 2.55. The van der Waals surface area contributed by atoms with Crippen molar-refractivity contribution in [3.63, 3.8) is 0 Å². The van der Waals surface area contributed by atoms with Gasteiger partial charge in [-0.05, 0) is 135 Å². The maximum absolute atomic E-state index is 11.0. The molecule has 1 aromatic carbocycles. The molecule has 0 saturated heterocycles. The highest BCUT2D eigenvalue weighted by molar-refractivity contribution is 5.54. The smallest absolute Gasteiger partial charge is 0.161 e. The zero-order valence-corrected chi connectivity index (χ0v) is 17.0. The SMILES string of the molecule is Oc1cc(C23CC4CC(CC(C4)C2)C3)cc(C23CC4CC(CC(C4)C2)C3)c1O. The van der Waals surface area contributed by atoms with Crippen molar-refractivity contribution in [2.24, 2.45) is 35.5 Å². The Bertz CT molecular complexity index is 767. The molecule has 1 aromatic rings. The Morgan fingerprint density at radius 3 is 1.39 bits per heavy atom. The van der Waals surface area contributed by atoms with Gasteiger partial charge in [0.25, 0.3) is 0 Å². The second kappa shape index (κ2) is 5.29. The van der Waals surface area contributed by atoms with E-state index in [-0.39, 0.29) is 22.3 Å². The second-order valence-corrected chi connectivity index (χ2v) is 12.3. The van der Waals surface area contributed by atoms with E-state index in [9.17, 15) is 10.2 Å². The number of rotatable bonds is 2. The standard InChI is InChI=1S/C26H34O2/c27-23-8-21(25-9-15-1-16(10-25)3-17(2-15)11-25)7-22(24(23)28)26-12-18-4-19(13-26)6-20(5-18)14-26/h7-8,15-20,27-28H,1-6,9-14H2. The minimum atomic E-state index is 0.147. The van der Waals surface area contributed by atoms with Crippen LogP contribution >= 0.6 is 0 Å². The summed E-state index contributed by atoms with van der Waals surface area (Å²) < 4.78 is 0. The molecule has 0 aliphatic heterocycles. The summed E-state index contributed by atoms with van der Waals surface area (Å²) in [6, 6.07) is 4.38. The summed E-state index contributed by atoms with van der Waals surface area (Å²) in [6.45, 7) is 0. The van der Waals surface area contributed by atoms with Gasteiger partial charge in [-0.2, -0.15) is 0 Å². The second-order valence-electron chi connectivity index (χ2n) is 12.3. The predicted octanol–water partition coefficient (Wildman–Crippen LogP) is 6.03. The van der Waals surface area contributed by atoms with Gasteiger partial charge in [0.1, 0.15) is 0 Å². The summed E-state index contributed by atoms with van der Waals surface area (Å²) in [6.07, 6.45) is 16.3. The van der Waals surface area contributed by atoms with Crippen molar-refractivity contribution in [3.8, 4) is 11.5 Å². The van der Waals surface area contributed by atoms with Crippen LogP contribution in [0.15, 0.2) is 12.1 Å². The molecule has 0 heterocycles. The molecule has 150 valence electrons. The van der Waals surface area contributed by atoms with Crippen LogP contribution in [-0.2, 0) is 10.8 Å². The zero-order chi connectivity index (χ0) is 18.7. The number of hydrogen-bond donors (Lipinski definition) is 2. The first-order chi connectivity index (χ1) is 13.5. The van der Waals surface area contributed by atoms with E-state index in [0.29, 0.717) is 0 Å². The summed E-state index contributed by atoms with van der Waals surface area (Å²) in [5.41, 5.74) is 2.95. The fraction of sp³-hybridized carbons (Fsp3) is 0.769. The largest absolute Gasteiger partial charge is 0.504 e. The third-order valence-corrected chi connectivity index (χ3v) is 10.3. The minimum absolute atomic E-state index is 0.147. The summed E-state index contributed by atoms with van der Waals surface area (Å²) in [5, 5.41) is 21.8. The van der Waals surface area contributed by atoms with Crippen molar-refractivity contribution < 1.29 is 10.2 Å². The molecular formula is C26H34O2. The van der Waals surface area contributed by atoms with E-state index in [1.165, 1.54) is 82.6 Å². The first-order valence-corrected chi connectivity index (χ1v) is 12.1. The van der Waals surface area contributed by atoms with Crippen molar-refractivity contribution in [2.45, 2.75) is 87.9 Å². The van der Waals surface area contributed by atoms with Crippen molar-refractivity contribution in [1.82, 2.24) is 0 Å². The molecule has 28 heavy (non-hydrogen) atoms. The lowest BCUT2D eigenvalue weighted by Crippen LogP contribution is -2.50. The lowest BCUT2D eigenvalue weighted by Gasteiger charge is -2.58. The number of benzene rings is 1. The molecule has 0 amide bonds. The van der Waals surface area contributed by atoms with Crippen LogP contribution in [0.5, 0.6) is 11.5 Å². The Kier molecular flexibility index (Phi) is 3.14. The molecule has 0 radical (unpaired) electrons. The van der Waals surface area contributed by atoms with E-state index in [1.54, 1.807) is 0 Å². The molecule has 9 rings (SSSR count). The van der Waals surface area contributed by atoms with Gasteiger partial charge in [0, 0.05) is 5.56 Å². The van der Waals surface area contributed by atoms with Gasteiger partial charge in [-0.3, -0.25) is 0 Å². The van der Waals surface area contributed by atoms with E-state index in [1.807, 2.05) is 6.07 Å². The molecule has 8 aliphatic rings. The van der Waals surface area contributed by atoms with Gasteiger partial charge in [0.2, 0.25) is 0 Å². The predicted molar refractivity (Wildman–Crippen MR) is 109 cm³/mol. The summed E-state index contributed by atoms with van der Waals surface area (Å²) in [4.78, 5) is 0. The van der Waals surface area contributed by atoms with E-state index in [2.05, 4.69) is 6.07 Å². The van der Waals surface area contributed by atoms with Crippen LogP contribution in [0.25, 0.3) is 0 Å². The Balaban J connectivity index is 1.34. The van der Waals surface area contributed by atoms with E-state index >= 15 is 0 Å². The van der Waals surface area contributed by atoms with Gasteiger partial charge in [-0.1, -0.05) is 6.07 Å². The van der Waals surface area contributed by atoms with Crippen LogP contribution in [0.4, 0.5) is 0 Å². The molecule has 8 aliphatic carbocycles. The average Bonchev–Trinajstić information content (AvgIpc) is 2.61. The van der Waals surface area contributed by atoms with E-state index in [0.717, 1.165) is 41.1 Å². The molecule has 8 fully saturated rings. The van der Waals surface area contributed by atoms with Crippen molar-refractivity contribution in [3.05, 3.63) is 23.3 Å². The number of phenolic OH excluding ortho intramolecular Hbond substituents is 2. The quantitative estimate of drug-likeness (QED) is 0.617. The Labute approximate surface area is 168 Å². The highest BCUT2D eigenvalue weighted by atomic mass is 16.3. The fourth-order valence-electron chi connectivity index (χ4n) is 10.2. The molecular weight excluding hydrogens is 344 g/mol. The Morgan fingerprint density at radius 2 is 0.964 bits per heavy atom. The van der Waals surface area contributed by atoms with E-state index < -0.39 is 0 Å². The molecule has 8 bridgehead atoms. The monoisotopic (exact) mass is 378 g/mol. The third kappa shape index (κ3) is 2.16. The third-order valence-electron chi connectivity index (χ3n) is 10.3. The molecule has 8 saturated carbocycles. The topological polar surface area (TPSA) is 40.5 Å². The first-order valence-electron chi connectivity index (χ1n) is 12.1. The van der Waals surface area contributed by atoms with Crippen molar-refractivity contribution in [1.29, 1.82) is 0 Å². The molecule has 2 heteroatoms. The lowest BCUT2D eigenvalue weighted by molar-refractivity contribution is -0.00920. The van der Waals surface area contributed by atoms with Crippen LogP contribution in [-0.4, -0.2) is 10.2 Å². The van der Waals surface area contributed by atoms with E-state index in [4.69, 9.17) is 0 Å². The first kappa shape index (κ1) is 16.6. The maximum atomic E-state index is 11.0. The van der Waals surface area contributed by atoms with Crippen LogP contribution in [0.3, 0.4) is 0 Å². The fourth-order valence-corrected chi connectivity index (χ4v) is 10.2. The summed E-state index contributed by atoms with van der Waals surface area (Å²) in [5.74, 6) is 5.68. The Morgan fingerprint density at radius 1 is 0.571 bits per heavy atom. The minimum Gasteiger partial charge on any atom is -0.504 e. The van der Waals surface area contributed by atoms with Crippen LogP contribution < -0.4 is 0 Å². The highest BCUT2D eigenvalue weighted by Crippen LogP contribution is 2.65. The van der Waals surface area contributed by atoms with Gasteiger partial charge in [-0.15, -0.1) is 0 Å². The van der Waals surface area contributed by atoms with Gasteiger partial charge < -0.3 is 10.2 Å². The van der Waals surface area contributed by atoms with Gasteiger partial charge in [-0.25, -0.2) is 0 Å². The number of hydrogen-bond acceptors (Lipinski definition) is 2. The number of aromatic hydroxyl groups is 2. The normalized spacial score (nSPS) is 50.4. The van der Waals surface area contributed by atoms with Gasteiger partial charge in [0.05, 0.1) is 0 Å². The average molecular weight is 379 g/mol. The van der Waals surface area contributed by atoms with Gasteiger partial charge >= 0.3 is 0 Å². The maximum Gasteiger partial charge on any atom is 0.161 e. The molecule has 0 spiro atoms. The van der Waals surface area contributed by atoms with Crippen LogP contribution in [0, 0.1) is 35.5 Å². The van der Waals surface area contributed by atoms with Gasteiger partial charge in [0.15, 0.2) is 11.5 Å².